The summed E-state index contributed by atoms with van der Waals surface area (Å²) in [7, 11) is 1.39. The molecule has 10 heteroatoms. The van der Waals surface area contributed by atoms with Crippen molar-refractivity contribution in [2.75, 3.05) is 7.11 Å². The molecule has 12 atom stereocenters. The molecule has 0 bridgehead atoms. The van der Waals surface area contributed by atoms with Crippen LogP contribution >= 0.6 is 0 Å². The predicted octanol–water partition coefficient (Wildman–Crippen LogP) is 0.684. The maximum Gasteiger partial charge on any atom is 0.312 e. The van der Waals surface area contributed by atoms with Crippen molar-refractivity contribution >= 4 is 17.9 Å². The van der Waals surface area contributed by atoms with Crippen LogP contribution in [0.5, 0.6) is 0 Å². The van der Waals surface area contributed by atoms with Gasteiger partial charge in [0.1, 0.15) is 24.4 Å². The fourth-order valence-corrected chi connectivity index (χ4v) is 6.56. The second kappa shape index (κ2) is 8.69. The van der Waals surface area contributed by atoms with Crippen LogP contribution in [0.4, 0.5) is 0 Å². The molecule has 0 aromatic rings. The zero-order valence-corrected chi connectivity index (χ0v) is 20.8. The summed E-state index contributed by atoms with van der Waals surface area (Å²) in [4.78, 5) is 37.2. The summed E-state index contributed by atoms with van der Waals surface area (Å²) in [6.45, 7) is 11.6. The number of ether oxygens (including phenoxy) is 5. The molecule has 35 heavy (non-hydrogen) atoms. The van der Waals surface area contributed by atoms with Crippen LogP contribution in [0.25, 0.3) is 0 Å². The summed E-state index contributed by atoms with van der Waals surface area (Å²) in [6, 6.07) is 0. The van der Waals surface area contributed by atoms with Crippen molar-refractivity contribution in [2.24, 2.45) is 23.2 Å². The average Bonchev–Trinajstić information content (AvgIpc) is 3.55. The van der Waals surface area contributed by atoms with Gasteiger partial charge in [-0.3, -0.25) is 14.4 Å². The number of fused-ring (bicyclic) bond motifs is 4. The number of rotatable bonds is 3. The van der Waals surface area contributed by atoms with Gasteiger partial charge in [0.25, 0.3) is 0 Å². The molecule has 194 valence electrons. The second-order valence-corrected chi connectivity index (χ2v) is 10.4. The molecular weight excluding hydrogens is 460 g/mol. The van der Waals surface area contributed by atoms with Gasteiger partial charge in [-0.05, 0) is 12.5 Å². The molecule has 4 aliphatic rings. The number of methoxy groups -OCH3 is 1. The highest BCUT2D eigenvalue weighted by atomic mass is 16.6. The molecule has 2 aliphatic heterocycles. The van der Waals surface area contributed by atoms with E-state index in [1.165, 1.54) is 27.9 Å². The van der Waals surface area contributed by atoms with Crippen molar-refractivity contribution < 1.29 is 48.3 Å². The van der Waals surface area contributed by atoms with Gasteiger partial charge in [-0.1, -0.05) is 32.6 Å². The van der Waals surface area contributed by atoms with Gasteiger partial charge in [0.15, 0.2) is 11.7 Å². The van der Waals surface area contributed by atoms with E-state index in [9.17, 15) is 24.6 Å². The SMILES string of the molecule is C=C1/C=C/[C@H](O)[C@@]2(C)[C@H]3O[C@H]3[C@H](OC(C)=O)[C@H](C)[C@@H]2C(OC(C)=O)[C@]2(O)[C@@H](C)C(=O)O[C@H]2[C@@H]1OC. The van der Waals surface area contributed by atoms with E-state index in [0.29, 0.717) is 5.57 Å². The van der Waals surface area contributed by atoms with Gasteiger partial charge in [-0.25, -0.2) is 0 Å². The quantitative estimate of drug-likeness (QED) is 0.327. The molecule has 0 aromatic heterocycles. The lowest BCUT2D eigenvalue weighted by atomic mass is 9.54. The molecule has 0 aromatic carbocycles. The molecule has 0 amide bonds. The number of hydrogen-bond donors (Lipinski definition) is 2. The third kappa shape index (κ3) is 3.73. The maximum atomic E-state index is 12.8. The highest BCUT2D eigenvalue weighted by Gasteiger charge is 2.74. The monoisotopic (exact) mass is 494 g/mol. The molecule has 0 radical (unpaired) electrons. The van der Waals surface area contributed by atoms with E-state index in [1.54, 1.807) is 26.0 Å². The van der Waals surface area contributed by atoms with E-state index in [0.717, 1.165) is 0 Å². The third-order valence-corrected chi connectivity index (χ3v) is 8.41. The minimum absolute atomic E-state index is 0.357. The van der Waals surface area contributed by atoms with Gasteiger partial charge in [0.2, 0.25) is 0 Å². The van der Waals surface area contributed by atoms with Crippen LogP contribution in [-0.4, -0.2) is 83.6 Å². The van der Waals surface area contributed by atoms with Crippen LogP contribution < -0.4 is 0 Å². The molecule has 2 N–H and O–H groups in total. The summed E-state index contributed by atoms with van der Waals surface area (Å²) in [5.41, 5.74) is -2.79. The van der Waals surface area contributed by atoms with E-state index < -0.39 is 89.4 Å². The number of epoxide rings is 1. The third-order valence-electron chi connectivity index (χ3n) is 8.41. The van der Waals surface area contributed by atoms with E-state index in [1.807, 2.05) is 0 Å². The van der Waals surface area contributed by atoms with E-state index in [-0.39, 0.29) is 0 Å². The molecule has 4 rings (SSSR count). The molecule has 2 saturated heterocycles. The van der Waals surface area contributed by atoms with Gasteiger partial charge in [0.05, 0.1) is 18.1 Å². The Kier molecular flexibility index (Phi) is 6.41. The Bertz CT molecular complexity index is 960. The van der Waals surface area contributed by atoms with Crippen LogP contribution in [0.2, 0.25) is 0 Å². The topological polar surface area (TPSA) is 141 Å². The molecule has 2 aliphatic carbocycles. The molecular formula is C25H34O10. The van der Waals surface area contributed by atoms with Gasteiger partial charge < -0.3 is 33.9 Å². The van der Waals surface area contributed by atoms with Crippen molar-refractivity contribution in [1.29, 1.82) is 0 Å². The van der Waals surface area contributed by atoms with Crippen LogP contribution in [0.1, 0.15) is 34.6 Å². The first-order valence-corrected chi connectivity index (χ1v) is 11.8. The van der Waals surface area contributed by atoms with Crippen molar-refractivity contribution in [3.05, 3.63) is 24.3 Å². The van der Waals surface area contributed by atoms with Gasteiger partial charge in [-0.2, -0.15) is 0 Å². The zero-order chi connectivity index (χ0) is 26.0. The Morgan fingerprint density at radius 1 is 1.14 bits per heavy atom. The predicted molar refractivity (Wildman–Crippen MR) is 120 cm³/mol. The smallest absolute Gasteiger partial charge is 0.312 e. The number of carbonyl (C=O) groups excluding carboxylic acids is 3. The lowest BCUT2D eigenvalue weighted by Gasteiger charge is -2.54. The van der Waals surface area contributed by atoms with Crippen molar-refractivity contribution in [3.8, 4) is 0 Å². The van der Waals surface area contributed by atoms with Crippen LogP contribution in [-0.2, 0) is 38.1 Å². The first-order chi connectivity index (χ1) is 16.3. The number of hydrogen-bond acceptors (Lipinski definition) is 10. The van der Waals surface area contributed by atoms with Crippen molar-refractivity contribution in [3.63, 3.8) is 0 Å². The Labute approximate surface area is 204 Å². The summed E-state index contributed by atoms with van der Waals surface area (Å²) in [5.74, 6) is -4.35. The van der Waals surface area contributed by atoms with Crippen LogP contribution in [0.15, 0.2) is 24.3 Å². The highest BCUT2D eigenvalue weighted by Crippen LogP contribution is 2.61. The fourth-order valence-electron chi connectivity index (χ4n) is 6.56. The van der Waals surface area contributed by atoms with Gasteiger partial charge in [0, 0.05) is 38.2 Å². The normalized spacial score (nSPS) is 49.6. The zero-order valence-electron chi connectivity index (χ0n) is 20.8. The van der Waals surface area contributed by atoms with E-state index in [4.69, 9.17) is 23.7 Å². The first-order valence-electron chi connectivity index (χ1n) is 11.8. The number of esters is 3. The Morgan fingerprint density at radius 3 is 2.34 bits per heavy atom. The Hall–Kier alpha value is -2.27. The number of aliphatic hydroxyl groups excluding tert-OH is 1. The molecule has 10 nitrogen and oxygen atoms in total. The molecule has 3 fully saturated rings. The lowest BCUT2D eigenvalue weighted by molar-refractivity contribution is -0.228. The fraction of sp³-hybridized carbons (Fsp3) is 0.720. The highest BCUT2D eigenvalue weighted by molar-refractivity contribution is 5.77. The Balaban J connectivity index is 1.97. The summed E-state index contributed by atoms with van der Waals surface area (Å²) < 4.78 is 28.6. The van der Waals surface area contributed by atoms with Crippen molar-refractivity contribution in [2.45, 2.75) is 82.9 Å². The van der Waals surface area contributed by atoms with Crippen LogP contribution in [0.3, 0.4) is 0 Å². The molecule has 1 unspecified atom stereocenters. The summed E-state index contributed by atoms with van der Waals surface area (Å²) in [6.07, 6.45) is -3.33. The van der Waals surface area contributed by atoms with Gasteiger partial charge >= 0.3 is 17.9 Å². The number of aliphatic hydroxyl groups is 2. The molecule has 2 heterocycles. The lowest BCUT2D eigenvalue weighted by Crippen LogP contribution is -2.68. The van der Waals surface area contributed by atoms with E-state index in [2.05, 4.69) is 6.58 Å². The van der Waals surface area contributed by atoms with E-state index >= 15 is 0 Å². The number of carbonyl (C=O) groups is 3. The Morgan fingerprint density at radius 2 is 1.77 bits per heavy atom. The summed E-state index contributed by atoms with van der Waals surface area (Å²) >= 11 is 0. The average molecular weight is 495 g/mol. The minimum Gasteiger partial charge on any atom is -0.459 e. The summed E-state index contributed by atoms with van der Waals surface area (Å²) in [5, 5.41) is 23.8. The largest absolute Gasteiger partial charge is 0.459 e. The van der Waals surface area contributed by atoms with Crippen LogP contribution in [0, 0.1) is 23.2 Å². The standard InChI is InChI=1S/C25H34O10/c1-10-8-9-15(28)24(6)16(11(2)18(32-13(4)26)19-21(24)34-19)20(33-14(5)27)25(30)12(3)23(29)35-22(25)17(10)31-7/h8-9,11-12,15-22,28,30H,1H2,2-7H3/b9-8+/t11-,12+,15+,16-,17-,18-,19+,20?,21+,22+,24-,25-/m1/s1. The van der Waals surface area contributed by atoms with Crippen molar-refractivity contribution in [1.82, 2.24) is 0 Å². The minimum atomic E-state index is -2.06. The maximum absolute atomic E-state index is 12.8. The van der Waals surface area contributed by atoms with Gasteiger partial charge in [-0.15, -0.1) is 0 Å². The second-order valence-electron chi connectivity index (χ2n) is 10.4. The molecule has 1 saturated carbocycles. The molecule has 0 spiro atoms. The first kappa shape index (κ1) is 25.8.